The second-order valence-corrected chi connectivity index (χ2v) is 4.29. The van der Waals surface area contributed by atoms with Gasteiger partial charge in [0.1, 0.15) is 5.75 Å². The topological polar surface area (TPSA) is 29.5 Å². The molecule has 2 rings (SSSR count). The van der Waals surface area contributed by atoms with Crippen LogP contribution in [0.1, 0.15) is 31.7 Å². The molecule has 0 unspecified atom stereocenters. The van der Waals surface area contributed by atoms with Crippen LogP contribution in [-0.4, -0.2) is 18.3 Å². The zero-order valence-electron chi connectivity index (χ0n) is 9.20. The molecule has 2 heteroatoms. The molecule has 0 heterocycles. The number of para-hydroxylation sites is 1. The molecule has 0 atom stereocenters. The molecule has 2 nitrogen and oxygen atoms in total. The van der Waals surface area contributed by atoms with Gasteiger partial charge >= 0.3 is 0 Å². The van der Waals surface area contributed by atoms with Crippen molar-refractivity contribution < 1.29 is 9.84 Å². The minimum atomic E-state index is 0.0847. The van der Waals surface area contributed by atoms with E-state index in [1.54, 1.807) is 6.07 Å². The molecule has 1 aromatic rings. The highest BCUT2D eigenvalue weighted by Crippen LogP contribution is 2.46. The molecule has 1 aliphatic rings. The number of hydrogen-bond acceptors (Lipinski definition) is 2. The van der Waals surface area contributed by atoms with Gasteiger partial charge in [-0.3, -0.25) is 0 Å². The van der Waals surface area contributed by atoms with Crippen molar-refractivity contribution in [2.75, 3.05) is 13.2 Å². The Kier molecular flexibility index (Phi) is 2.96. The minimum absolute atomic E-state index is 0.0847. The predicted octanol–water partition coefficient (Wildman–Crippen LogP) is 2.85. The summed E-state index contributed by atoms with van der Waals surface area (Å²) in [7, 11) is 0. The van der Waals surface area contributed by atoms with Gasteiger partial charge in [-0.05, 0) is 25.8 Å². The lowest BCUT2D eigenvalue weighted by Crippen LogP contribution is -2.39. The van der Waals surface area contributed by atoms with Crippen LogP contribution < -0.4 is 0 Å². The highest BCUT2D eigenvalue weighted by Gasteiger charge is 2.40. The fraction of sp³-hybridized carbons (Fsp3) is 0.538. The van der Waals surface area contributed by atoms with E-state index in [4.69, 9.17) is 4.74 Å². The van der Waals surface area contributed by atoms with Crippen LogP contribution in [-0.2, 0) is 10.2 Å². The summed E-state index contributed by atoms with van der Waals surface area (Å²) in [4.78, 5) is 0. The van der Waals surface area contributed by atoms with E-state index in [9.17, 15) is 5.11 Å². The van der Waals surface area contributed by atoms with Crippen LogP contribution in [0.25, 0.3) is 0 Å². The third-order valence-corrected chi connectivity index (χ3v) is 3.37. The van der Waals surface area contributed by atoms with Crippen LogP contribution in [0.5, 0.6) is 5.75 Å². The van der Waals surface area contributed by atoms with Crippen molar-refractivity contribution in [3.05, 3.63) is 29.8 Å². The first kappa shape index (κ1) is 10.5. The Labute approximate surface area is 90.9 Å². The van der Waals surface area contributed by atoms with Crippen LogP contribution in [0, 0.1) is 0 Å². The Balaban J connectivity index is 2.22. The Hall–Kier alpha value is -1.02. The molecule has 1 aliphatic carbocycles. The number of hydrogen-bond donors (Lipinski definition) is 1. The standard InChI is InChI=1S/C13H18O2/c1-2-15-10-13(8-5-9-13)11-6-3-4-7-12(11)14/h3-4,6-7,14H,2,5,8-10H2,1H3. The SMILES string of the molecule is CCOCC1(c2ccccc2O)CCC1. The maximum atomic E-state index is 9.85. The maximum Gasteiger partial charge on any atom is 0.119 e. The normalized spacial score (nSPS) is 18.5. The van der Waals surface area contributed by atoms with Crippen LogP contribution in [0.3, 0.4) is 0 Å². The van der Waals surface area contributed by atoms with Crippen molar-refractivity contribution in [2.24, 2.45) is 0 Å². The van der Waals surface area contributed by atoms with Gasteiger partial charge < -0.3 is 9.84 Å². The lowest BCUT2D eigenvalue weighted by molar-refractivity contribution is 0.0508. The van der Waals surface area contributed by atoms with Crippen molar-refractivity contribution in [2.45, 2.75) is 31.6 Å². The van der Waals surface area contributed by atoms with Crippen LogP contribution in [0.2, 0.25) is 0 Å². The zero-order valence-corrected chi connectivity index (χ0v) is 9.20. The van der Waals surface area contributed by atoms with E-state index < -0.39 is 0 Å². The van der Waals surface area contributed by atoms with Gasteiger partial charge in [0.2, 0.25) is 0 Å². The minimum Gasteiger partial charge on any atom is -0.508 e. The quantitative estimate of drug-likeness (QED) is 0.820. The summed E-state index contributed by atoms with van der Waals surface area (Å²) in [6.45, 7) is 3.49. The van der Waals surface area contributed by atoms with E-state index >= 15 is 0 Å². The third-order valence-electron chi connectivity index (χ3n) is 3.37. The first-order valence-electron chi connectivity index (χ1n) is 5.65. The summed E-state index contributed by atoms with van der Waals surface area (Å²) in [5.74, 6) is 0.414. The average molecular weight is 206 g/mol. The Bertz CT molecular complexity index is 329. The molecule has 0 amide bonds. The second kappa shape index (κ2) is 4.23. The molecule has 0 radical (unpaired) electrons. The molecule has 1 fully saturated rings. The summed E-state index contributed by atoms with van der Waals surface area (Å²) >= 11 is 0. The molecule has 0 aliphatic heterocycles. The van der Waals surface area contributed by atoms with E-state index in [0.717, 1.165) is 31.6 Å². The third kappa shape index (κ3) is 1.86. The van der Waals surface area contributed by atoms with Gasteiger partial charge in [0.05, 0.1) is 6.61 Å². The highest BCUT2D eigenvalue weighted by molar-refractivity contribution is 5.40. The molecule has 1 aromatic carbocycles. The number of aromatic hydroxyl groups is 1. The summed E-state index contributed by atoms with van der Waals surface area (Å²) < 4.78 is 5.54. The van der Waals surface area contributed by atoms with Gasteiger partial charge in [0.15, 0.2) is 0 Å². The van der Waals surface area contributed by atoms with Gasteiger partial charge in [-0.15, -0.1) is 0 Å². The lowest BCUT2D eigenvalue weighted by Gasteiger charge is -2.42. The Morgan fingerprint density at radius 3 is 2.60 bits per heavy atom. The maximum absolute atomic E-state index is 9.85. The first-order valence-corrected chi connectivity index (χ1v) is 5.65. The smallest absolute Gasteiger partial charge is 0.119 e. The van der Waals surface area contributed by atoms with Crippen molar-refractivity contribution in [3.63, 3.8) is 0 Å². The largest absolute Gasteiger partial charge is 0.508 e. The van der Waals surface area contributed by atoms with E-state index in [1.165, 1.54) is 6.42 Å². The lowest BCUT2D eigenvalue weighted by atomic mass is 9.65. The van der Waals surface area contributed by atoms with Crippen molar-refractivity contribution in [1.82, 2.24) is 0 Å². The number of ether oxygens (including phenoxy) is 1. The van der Waals surface area contributed by atoms with Gasteiger partial charge in [0, 0.05) is 17.6 Å². The molecule has 0 aromatic heterocycles. The van der Waals surface area contributed by atoms with E-state index in [0.29, 0.717) is 5.75 Å². The van der Waals surface area contributed by atoms with Gasteiger partial charge in [-0.25, -0.2) is 0 Å². The van der Waals surface area contributed by atoms with E-state index in [1.807, 2.05) is 25.1 Å². The summed E-state index contributed by atoms with van der Waals surface area (Å²) in [6, 6.07) is 7.64. The van der Waals surface area contributed by atoms with Crippen LogP contribution >= 0.6 is 0 Å². The van der Waals surface area contributed by atoms with Crippen molar-refractivity contribution >= 4 is 0 Å². The van der Waals surface area contributed by atoms with Gasteiger partial charge in [-0.2, -0.15) is 0 Å². The molecule has 82 valence electrons. The molecule has 1 N–H and O–H groups in total. The Morgan fingerprint density at radius 2 is 2.07 bits per heavy atom. The van der Waals surface area contributed by atoms with E-state index in [-0.39, 0.29) is 5.41 Å². The van der Waals surface area contributed by atoms with Crippen molar-refractivity contribution in [3.8, 4) is 5.75 Å². The van der Waals surface area contributed by atoms with Crippen LogP contribution in [0.15, 0.2) is 24.3 Å². The molecule has 0 bridgehead atoms. The van der Waals surface area contributed by atoms with Crippen LogP contribution in [0.4, 0.5) is 0 Å². The molecule has 0 spiro atoms. The molecule has 15 heavy (non-hydrogen) atoms. The zero-order chi connectivity index (χ0) is 10.7. The first-order chi connectivity index (χ1) is 7.28. The number of rotatable bonds is 4. The highest BCUT2D eigenvalue weighted by atomic mass is 16.5. The predicted molar refractivity (Wildman–Crippen MR) is 60.1 cm³/mol. The monoisotopic (exact) mass is 206 g/mol. The number of benzene rings is 1. The molecular formula is C13H18O2. The molecule has 1 saturated carbocycles. The van der Waals surface area contributed by atoms with Crippen molar-refractivity contribution in [1.29, 1.82) is 0 Å². The summed E-state index contributed by atoms with van der Waals surface area (Å²) in [6.07, 6.45) is 3.50. The number of phenolic OH excluding ortho intramolecular Hbond substituents is 1. The second-order valence-electron chi connectivity index (χ2n) is 4.29. The molecular weight excluding hydrogens is 188 g/mol. The number of phenols is 1. The fourth-order valence-electron chi connectivity index (χ4n) is 2.31. The van der Waals surface area contributed by atoms with Gasteiger partial charge in [0.25, 0.3) is 0 Å². The van der Waals surface area contributed by atoms with E-state index in [2.05, 4.69) is 0 Å². The summed E-state index contributed by atoms with van der Waals surface area (Å²) in [5, 5.41) is 9.85. The average Bonchev–Trinajstić information content (AvgIpc) is 2.19. The molecule has 0 saturated heterocycles. The summed E-state index contributed by atoms with van der Waals surface area (Å²) in [5.41, 5.74) is 1.14. The fourth-order valence-corrected chi connectivity index (χ4v) is 2.31. The van der Waals surface area contributed by atoms with Gasteiger partial charge in [-0.1, -0.05) is 24.6 Å². The Morgan fingerprint density at radius 1 is 1.33 bits per heavy atom.